The van der Waals surface area contributed by atoms with E-state index in [-0.39, 0.29) is 16.6 Å². The second kappa shape index (κ2) is 4.96. The van der Waals surface area contributed by atoms with E-state index in [1.54, 1.807) is 6.08 Å². The van der Waals surface area contributed by atoms with Crippen LogP contribution in [0, 0.1) is 35.0 Å². The molecule has 2 nitrogen and oxygen atoms in total. The summed E-state index contributed by atoms with van der Waals surface area (Å²) in [6.07, 6.45) is 18.8. The van der Waals surface area contributed by atoms with E-state index in [1.165, 1.54) is 11.1 Å². The predicted octanol–water partition coefficient (Wildman–Crippen LogP) is 3.97. The Kier molecular flexibility index (Phi) is 3.29. The first kappa shape index (κ1) is 15.9. The predicted molar refractivity (Wildman–Crippen MR) is 95.0 cm³/mol. The summed E-state index contributed by atoms with van der Waals surface area (Å²) in [5, 5.41) is 11.2. The lowest BCUT2D eigenvalue weighted by Gasteiger charge is -2.53. The number of allylic oxidation sites excluding steroid dienone is 6. The van der Waals surface area contributed by atoms with Gasteiger partial charge in [0.25, 0.3) is 0 Å². The van der Waals surface area contributed by atoms with Gasteiger partial charge in [0.2, 0.25) is 0 Å². The number of carbonyl (C=O) groups excluding carboxylic acids is 1. The zero-order valence-electron chi connectivity index (χ0n) is 14.6. The summed E-state index contributed by atoms with van der Waals surface area (Å²) in [6, 6.07) is 0. The standard InChI is InChI=1S/C22H26O2/c1-4-10-22(24)13-9-19-17-6-5-15-14-16(23)7-11-20(15,2)18(17)8-12-21(19,22)3/h1,7-8,11,14,17,19,24H,5-6,9-10,12-13H2,2-3H3/t17?,19?,20-,21-,22?/m0/s1. The Labute approximate surface area is 144 Å². The highest BCUT2D eigenvalue weighted by Crippen LogP contribution is 2.65. The fourth-order valence-corrected chi connectivity index (χ4v) is 6.08. The summed E-state index contributed by atoms with van der Waals surface area (Å²) in [5.74, 6) is 3.81. The summed E-state index contributed by atoms with van der Waals surface area (Å²) >= 11 is 0. The Hall–Kier alpha value is -1.59. The van der Waals surface area contributed by atoms with E-state index in [1.807, 2.05) is 6.08 Å². The van der Waals surface area contributed by atoms with Crippen LogP contribution in [0.3, 0.4) is 0 Å². The van der Waals surface area contributed by atoms with E-state index < -0.39 is 5.60 Å². The first-order valence-corrected chi connectivity index (χ1v) is 9.15. The van der Waals surface area contributed by atoms with Crippen molar-refractivity contribution in [2.45, 2.75) is 58.0 Å². The molecule has 0 aromatic rings. The van der Waals surface area contributed by atoms with Crippen molar-refractivity contribution < 1.29 is 9.90 Å². The van der Waals surface area contributed by atoms with Crippen LogP contribution in [0.2, 0.25) is 0 Å². The largest absolute Gasteiger partial charge is 0.388 e. The molecule has 0 aliphatic heterocycles. The molecular formula is C22H26O2. The van der Waals surface area contributed by atoms with Crippen LogP contribution in [-0.2, 0) is 4.79 Å². The third kappa shape index (κ3) is 1.85. The van der Waals surface area contributed by atoms with Crippen LogP contribution in [-0.4, -0.2) is 16.5 Å². The summed E-state index contributed by atoms with van der Waals surface area (Å²) in [4.78, 5) is 11.8. The molecule has 0 aromatic heterocycles. The second-order valence-electron chi connectivity index (χ2n) is 8.59. The van der Waals surface area contributed by atoms with Gasteiger partial charge in [-0.05, 0) is 63.0 Å². The molecular weight excluding hydrogens is 296 g/mol. The summed E-state index contributed by atoms with van der Waals surface area (Å²) in [5.41, 5.74) is 1.77. The van der Waals surface area contributed by atoms with E-state index in [4.69, 9.17) is 6.42 Å². The normalized spacial score (nSPS) is 46.3. The zero-order chi connectivity index (χ0) is 17.2. The molecule has 4 aliphatic rings. The quantitative estimate of drug-likeness (QED) is 0.586. The van der Waals surface area contributed by atoms with E-state index >= 15 is 0 Å². The van der Waals surface area contributed by atoms with Crippen LogP contribution in [0.1, 0.15) is 52.4 Å². The maximum absolute atomic E-state index is 11.8. The average molecular weight is 322 g/mol. The molecule has 0 amide bonds. The van der Waals surface area contributed by atoms with Crippen molar-refractivity contribution in [1.82, 2.24) is 0 Å². The van der Waals surface area contributed by atoms with Gasteiger partial charge in [0.1, 0.15) is 0 Å². The smallest absolute Gasteiger partial charge is 0.178 e. The van der Waals surface area contributed by atoms with Crippen molar-refractivity contribution in [3.63, 3.8) is 0 Å². The minimum absolute atomic E-state index is 0.106. The molecule has 0 aromatic carbocycles. The van der Waals surface area contributed by atoms with Gasteiger partial charge in [0.15, 0.2) is 5.78 Å². The number of hydrogen-bond donors (Lipinski definition) is 1. The maximum Gasteiger partial charge on any atom is 0.178 e. The lowest BCUT2D eigenvalue weighted by molar-refractivity contribution is -0.110. The van der Waals surface area contributed by atoms with Gasteiger partial charge in [-0.1, -0.05) is 30.2 Å². The van der Waals surface area contributed by atoms with Crippen molar-refractivity contribution >= 4 is 5.78 Å². The Bertz CT molecular complexity index is 734. The number of carbonyl (C=O) groups is 1. The van der Waals surface area contributed by atoms with Gasteiger partial charge in [-0.3, -0.25) is 4.79 Å². The molecule has 0 heterocycles. The molecule has 2 saturated carbocycles. The lowest BCUT2D eigenvalue weighted by Crippen LogP contribution is -2.50. The first-order chi connectivity index (χ1) is 11.3. The summed E-state index contributed by atoms with van der Waals surface area (Å²) in [6.45, 7) is 4.49. The highest BCUT2D eigenvalue weighted by molar-refractivity contribution is 6.01. The number of hydrogen-bond acceptors (Lipinski definition) is 2. The van der Waals surface area contributed by atoms with Gasteiger partial charge in [-0.2, -0.15) is 0 Å². The SMILES string of the molecule is C#CCC1(O)CCC2C3CCC4=CC(=O)C=C[C@]4(C)C3=CC[C@@]21C. The van der Waals surface area contributed by atoms with Gasteiger partial charge in [0.05, 0.1) is 5.60 Å². The number of terminal acetylenes is 1. The minimum Gasteiger partial charge on any atom is -0.388 e. The molecule has 126 valence electrons. The van der Waals surface area contributed by atoms with Crippen LogP contribution >= 0.6 is 0 Å². The van der Waals surface area contributed by atoms with E-state index in [0.29, 0.717) is 18.3 Å². The molecule has 3 unspecified atom stereocenters. The number of ketones is 1. The van der Waals surface area contributed by atoms with Gasteiger partial charge in [-0.15, -0.1) is 12.3 Å². The third-order valence-corrected chi connectivity index (χ3v) is 7.66. The highest BCUT2D eigenvalue weighted by atomic mass is 16.3. The summed E-state index contributed by atoms with van der Waals surface area (Å²) < 4.78 is 0. The molecule has 2 heteroatoms. The number of fused-ring (bicyclic) bond motifs is 5. The fourth-order valence-electron chi connectivity index (χ4n) is 6.08. The van der Waals surface area contributed by atoms with Crippen LogP contribution in [0.15, 0.2) is 35.5 Å². The van der Waals surface area contributed by atoms with E-state index in [2.05, 4.69) is 31.9 Å². The minimum atomic E-state index is -0.732. The first-order valence-electron chi connectivity index (χ1n) is 9.15. The Morgan fingerprint density at radius 2 is 2.17 bits per heavy atom. The van der Waals surface area contributed by atoms with Crippen molar-refractivity contribution in [1.29, 1.82) is 0 Å². The van der Waals surface area contributed by atoms with Crippen molar-refractivity contribution in [2.75, 3.05) is 0 Å². The van der Waals surface area contributed by atoms with Gasteiger partial charge in [-0.25, -0.2) is 0 Å². The molecule has 5 atom stereocenters. The molecule has 0 spiro atoms. The van der Waals surface area contributed by atoms with Crippen molar-refractivity contribution in [2.24, 2.45) is 22.7 Å². The molecule has 24 heavy (non-hydrogen) atoms. The topological polar surface area (TPSA) is 37.3 Å². The number of aliphatic hydroxyl groups is 1. The molecule has 2 fully saturated rings. The molecule has 4 rings (SSSR count). The Morgan fingerprint density at radius 1 is 1.38 bits per heavy atom. The Balaban J connectivity index is 1.76. The lowest BCUT2D eigenvalue weighted by atomic mass is 9.51. The van der Waals surface area contributed by atoms with Crippen molar-refractivity contribution in [3.05, 3.63) is 35.5 Å². The maximum atomic E-state index is 11.8. The van der Waals surface area contributed by atoms with Crippen LogP contribution < -0.4 is 0 Å². The third-order valence-electron chi connectivity index (χ3n) is 7.66. The van der Waals surface area contributed by atoms with Crippen LogP contribution in [0.25, 0.3) is 0 Å². The van der Waals surface area contributed by atoms with E-state index in [9.17, 15) is 9.90 Å². The molecule has 0 radical (unpaired) electrons. The monoisotopic (exact) mass is 322 g/mol. The Morgan fingerprint density at radius 3 is 2.92 bits per heavy atom. The number of rotatable bonds is 1. The van der Waals surface area contributed by atoms with Gasteiger partial charge >= 0.3 is 0 Å². The molecule has 4 aliphatic carbocycles. The summed E-state index contributed by atoms with van der Waals surface area (Å²) in [7, 11) is 0. The fraction of sp³-hybridized carbons (Fsp3) is 0.591. The van der Waals surface area contributed by atoms with Crippen molar-refractivity contribution in [3.8, 4) is 12.3 Å². The zero-order valence-corrected chi connectivity index (χ0v) is 14.6. The van der Waals surface area contributed by atoms with Gasteiger partial charge < -0.3 is 5.11 Å². The molecule has 0 bridgehead atoms. The van der Waals surface area contributed by atoms with Crippen LogP contribution in [0.4, 0.5) is 0 Å². The highest BCUT2D eigenvalue weighted by Gasteiger charge is 2.61. The molecule has 1 N–H and O–H groups in total. The second-order valence-corrected chi connectivity index (χ2v) is 8.59. The van der Waals surface area contributed by atoms with Gasteiger partial charge in [0, 0.05) is 17.3 Å². The molecule has 0 saturated heterocycles. The average Bonchev–Trinajstić information content (AvgIpc) is 2.80. The van der Waals surface area contributed by atoms with E-state index in [0.717, 1.165) is 32.1 Å². The van der Waals surface area contributed by atoms with Crippen LogP contribution in [0.5, 0.6) is 0 Å².